The molecule has 0 radical (unpaired) electrons. The van der Waals surface area contributed by atoms with Crippen LogP contribution in [0.5, 0.6) is 0 Å². The van der Waals surface area contributed by atoms with Gasteiger partial charge in [0.2, 0.25) is 0 Å². The van der Waals surface area contributed by atoms with Crippen LogP contribution in [0.2, 0.25) is 0 Å². The molecule has 0 aliphatic heterocycles. The van der Waals surface area contributed by atoms with Gasteiger partial charge in [0, 0.05) is 0 Å². The Labute approximate surface area is 60.8 Å². The van der Waals surface area contributed by atoms with Gasteiger partial charge in [0.1, 0.15) is 19.4 Å². The fourth-order valence-corrected chi connectivity index (χ4v) is 0.597. The second-order valence-corrected chi connectivity index (χ2v) is 2.19. The standard InChI is InChI=1S/C6H15N2O2/c1-3-8(2)5-6(9)4-7-10/h6-7,9-10H,2-5H2,1H3/q+1. The fourth-order valence-electron chi connectivity index (χ4n) is 0.597. The molecule has 3 N–H and O–H groups in total. The van der Waals surface area contributed by atoms with Gasteiger partial charge in [0.05, 0.1) is 6.54 Å². The molecule has 1 atom stereocenters. The molecule has 0 aromatic carbocycles. The topological polar surface area (TPSA) is 55.5 Å². The summed E-state index contributed by atoms with van der Waals surface area (Å²) in [5.41, 5.74) is 1.89. The highest BCUT2D eigenvalue weighted by atomic mass is 16.5. The van der Waals surface area contributed by atoms with Gasteiger partial charge >= 0.3 is 0 Å². The summed E-state index contributed by atoms with van der Waals surface area (Å²) in [6.45, 7) is 7.05. The number of hydrogen-bond acceptors (Lipinski definition) is 3. The highest BCUT2D eigenvalue weighted by Crippen LogP contribution is 1.80. The Bertz CT molecular complexity index is 106. The number of aliphatic hydroxyl groups excluding tert-OH is 1. The summed E-state index contributed by atoms with van der Waals surface area (Å²) in [5, 5.41) is 17.2. The van der Waals surface area contributed by atoms with E-state index in [4.69, 9.17) is 10.3 Å². The first kappa shape index (κ1) is 9.55. The highest BCUT2D eigenvalue weighted by Gasteiger charge is 2.07. The lowest BCUT2D eigenvalue weighted by Crippen LogP contribution is -2.32. The van der Waals surface area contributed by atoms with Crippen LogP contribution >= 0.6 is 0 Å². The van der Waals surface area contributed by atoms with Crippen molar-refractivity contribution < 1.29 is 14.9 Å². The lowest BCUT2D eigenvalue weighted by atomic mass is 10.3. The van der Waals surface area contributed by atoms with Crippen LogP contribution in [0.3, 0.4) is 0 Å². The third-order valence-electron chi connectivity index (χ3n) is 1.24. The van der Waals surface area contributed by atoms with Gasteiger partial charge < -0.3 is 10.3 Å². The van der Waals surface area contributed by atoms with E-state index in [1.54, 1.807) is 4.58 Å². The summed E-state index contributed by atoms with van der Waals surface area (Å²) in [7, 11) is 0. The molecule has 0 saturated carbocycles. The minimum atomic E-state index is -0.553. The molecule has 0 aliphatic rings. The van der Waals surface area contributed by atoms with Gasteiger partial charge in [-0.05, 0) is 6.92 Å². The summed E-state index contributed by atoms with van der Waals surface area (Å²) < 4.78 is 1.72. The molecule has 10 heavy (non-hydrogen) atoms. The van der Waals surface area contributed by atoms with Crippen LogP contribution in [-0.4, -0.2) is 47.3 Å². The smallest absolute Gasteiger partial charge is 0.169 e. The minimum Gasteiger partial charge on any atom is -0.385 e. The number of nitrogens with one attached hydrogen (secondary N) is 1. The molecule has 0 spiro atoms. The quantitative estimate of drug-likeness (QED) is 0.267. The SMILES string of the molecule is C=[N+](CC)CC(O)CNO. The van der Waals surface area contributed by atoms with Gasteiger partial charge in [-0.3, -0.25) is 0 Å². The first-order chi connectivity index (χ1) is 4.70. The van der Waals surface area contributed by atoms with E-state index in [1.165, 1.54) is 0 Å². The average molecular weight is 147 g/mol. The van der Waals surface area contributed by atoms with E-state index in [2.05, 4.69) is 6.72 Å². The first-order valence-electron chi connectivity index (χ1n) is 3.31. The van der Waals surface area contributed by atoms with Crippen molar-refractivity contribution in [3.8, 4) is 0 Å². The molecule has 0 aromatic heterocycles. The maximum absolute atomic E-state index is 9.05. The largest absolute Gasteiger partial charge is 0.385 e. The lowest BCUT2D eigenvalue weighted by molar-refractivity contribution is -0.524. The Morgan fingerprint density at radius 1 is 1.70 bits per heavy atom. The number of nitrogens with zero attached hydrogens (tertiary/aromatic N) is 1. The second-order valence-electron chi connectivity index (χ2n) is 2.19. The molecule has 0 fully saturated rings. The molecule has 60 valence electrons. The van der Waals surface area contributed by atoms with Crippen molar-refractivity contribution in [1.82, 2.24) is 5.48 Å². The predicted octanol–water partition coefficient (Wildman–Crippen LogP) is -0.941. The maximum atomic E-state index is 9.05. The number of rotatable bonds is 5. The van der Waals surface area contributed by atoms with Gasteiger partial charge in [-0.15, -0.1) is 0 Å². The highest BCUT2D eigenvalue weighted by molar-refractivity contribution is 5.14. The Hall–Kier alpha value is -0.450. The van der Waals surface area contributed by atoms with E-state index in [9.17, 15) is 0 Å². The molecule has 4 heteroatoms. The molecule has 4 nitrogen and oxygen atoms in total. The zero-order chi connectivity index (χ0) is 7.98. The van der Waals surface area contributed by atoms with Crippen molar-refractivity contribution in [3.05, 3.63) is 0 Å². The fraction of sp³-hybridized carbons (Fsp3) is 0.833. The number of hydrogen-bond donors (Lipinski definition) is 3. The van der Waals surface area contributed by atoms with Crippen molar-refractivity contribution >= 4 is 6.72 Å². The molecular weight excluding hydrogens is 132 g/mol. The first-order valence-corrected chi connectivity index (χ1v) is 3.31. The molecule has 1 unspecified atom stereocenters. The summed E-state index contributed by atoms with van der Waals surface area (Å²) in [4.78, 5) is 0. The molecule has 0 aliphatic carbocycles. The summed E-state index contributed by atoms with van der Waals surface area (Å²) in [6, 6.07) is 0. The summed E-state index contributed by atoms with van der Waals surface area (Å²) >= 11 is 0. The minimum absolute atomic E-state index is 0.187. The van der Waals surface area contributed by atoms with E-state index in [-0.39, 0.29) is 6.54 Å². The number of aliphatic hydroxyl groups is 1. The van der Waals surface area contributed by atoms with Crippen LogP contribution in [0, 0.1) is 0 Å². The van der Waals surface area contributed by atoms with Crippen LogP contribution in [-0.2, 0) is 0 Å². The predicted molar refractivity (Wildman–Crippen MR) is 38.6 cm³/mol. The van der Waals surface area contributed by atoms with Gasteiger partial charge in [-0.25, -0.2) is 10.1 Å². The van der Waals surface area contributed by atoms with Crippen molar-refractivity contribution in [3.63, 3.8) is 0 Å². The van der Waals surface area contributed by atoms with Crippen molar-refractivity contribution in [1.29, 1.82) is 0 Å². The van der Waals surface area contributed by atoms with E-state index in [1.807, 2.05) is 12.4 Å². The molecule has 0 bridgehead atoms. The third kappa shape index (κ3) is 4.43. The molecule has 0 rings (SSSR count). The normalized spacial score (nSPS) is 13.1. The van der Waals surface area contributed by atoms with Crippen LogP contribution in [0.15, 0.2) is 0 Å². The van der Waals surface area contributed by atoms with Crippen LogP contribution in [0.25, 0.3) is 0 Å². The number of likely N-dealkylation sites (N-methyl/N-ethyl adjacent to an activating group) is 1. The van der Waals surface area contributed by atoms with Crippen molar-refractivity contribution in [2.75, 3.05) is 19.6 Å². The third-order valence-corrected chi connectivity index (χ3v) is 1.24. The zero-order valence-corrected chi connectivity index (χ0v) is 6.25. The van der Waals surface area contributed by atoms with Gasteiger partial charge in [-0.1, -0.05) is 0 Å². The Morgan fingerprint density at radius 2 is 2.30 bits per heavy atom. The van der Waals surface area contributed by atoms with Gasteiger partial charge in [0.25, 0.3) is 0 Å². The molecule has 0 saturated heterocycles. The second kappa shape index (κ2) is 5.34. The van der Waals surface area contributed by atoms with Crippen molar-refractivity contribution in [2.24, 2.45) is 0 Å². The summed E-state index contributed by atoms with van der Waals surface area (Å²) in [5.74, 6) is 0. The molecular formula is C6H15N2O2+. The molecule has 0 aromatic rings. The van der Waals surface area contributed by atoms with Gasteiger partial charge in [0.15, 0.2) is 6.54 Å². The van der Waals surface area contributed by atoms with Gasteiger partial charge in [-0.2, -0.15) is 0 Å². The number of hydroxylamine groups is 1. The monoisotopic (exact) mass is 147 g/mol. The Balaban J connectivity index is 3.37. The Kier molecular flexibility index (Phi) is 5.10. The Morgan fingerprint density at radius 3 is 2.70 bits per heavy atom. The lowest BCUT2D eigenvalue weighted by Gasteiger charge is -2.05. The molecule has 0 heterocycles. The zero-order valence-electron chi connectivity index (χ0n) is 6.25. The van der Waals surface area contributed by atoms with Crippen LogP contribution in [0.4, 0.5) is 0 Å². The summed E-state index contributed by atoms with van der Waals surface area (Å²) in [6.07, 6.45) is -0.553. The van der Waals surface area contributed by atoms with E-state index in [0.717, 1.165) is 6.54 Å². The van der Waals surface area contributed by atoms with Crippen molar-refractivity contribution in [2.45, 2.75) is 13.0 Å². The molecule has 0 amide bonds. The van der Waals surface area contributed by atoms with E-state index >= 15 is 0 Å². The van der Waals surface area contributed by atoms with E-state index in [0.29, 0.717) is 6.54 Å². The average Bonchev–Trinajstić information content (AvgIpc) is 1.88. The van der Waals surface area contributed by atoms with Crippen LogP contribution < -0.4 is 5.48 Å². The van der Waals surface area contributed by atoms with E-state index < -0.39 is 6.10 Å². The maximum Gasteiger partial charge on any atom is 0.169 e. The van der Waals surface area contributed by atoms with Crippen LogP contribution in [0.1, 0.15) is 6.92 Å².